The van der Waals surface area contributed by atoms with Crippen LogP contribution in [0.15, 0.2) is 24.3 Å². The molecule has 0 saturated carbocycles. The molecule has 0 aromatic heterocycles. The van der Waals surface area contributed by atoms with Crippen LogP contribution in [0.1, 0.15) is 33.4 Å². The van der Waals surface area contributed by atoms with E-state index >= 15 is 0 Å². The predicted octanol–water partition coefficient (Wildman–Crippen LogP) is 2.95. The molecule has 2 aromatic carbocycles. The van der Waals surface area contributed by atoms with Gasteiger partial charge in [-0.3, -0.25) is 0 Å². The molecule has 166 valence electrons. The van der Waals surface area contributed by atoms with E-state index in [4.69, 9.17) is 0 Å². The van der Waals surface area contributed by atoms with Crippen molar-refractivity contribution in [3.8, 4) is 11.5 Å². The highest BCUT2D eigenvalue weighted by Crippen LogP contribution is 2.25. The lowest BCUT2D eigenvalue weighted by molar-refractivity contribution is 0.464. The van der Waals surface area contributed by atoms with E-state index in [0.717, 1.165) is 11.1 Å². The maximum Gasteiger partial charge on any atom is 0.151 e. The van der Waals surface area contributed by atoms with Crippen LogP contribution in [0.3, 0.4) is 0 Å². The summed E-state index contributed by atoms with van der Waals surface area (Å²) in [7, 11) is -7.20. The second kappa shape index (κ2) is 9.39. The molecule has 0 amide bonds. The molecule has 0 radical (unpaired) electrons. The van der Waals surface area contributed by atoms with E-state index in [2.05, 4.69) is 0 Å². The van der Waals surface area contributed by atoms with Gasteiger partial charge in [0, 0.05) is 0 Å². The van der Waals surface area contributed by atoms with Crippen molar-refractivity contribution in [1.29, 1.82) is 0 Å². The normalized spacial score (nSPS) is 12.3. The van der Waals surface area contributed by atoms with E-state index in [1.807, 2.05) is 26.0 Å². The van der Waals surface area contributed by atoms with Gasteiger partial charge in [0.05, 0.1) is 23.0 Å². The van der Waals surface area contributed by atoms with Crippen molar-refractivity contribution < 1.29 is 27.0 Å². The van der Waals surface area contributed by atoms with Gasteiger partial charge in [-0.1, -0.05) is 35.4 Å². The summed E-state index contributed by atoms with van der Waals surface area (Å²) in [4.78, 5) is 0. The third kappa shape index (κ3) is 6.74. The zero-order valence-corrected chi connectivity index (χ0v) is 19.5. The van der Waals surface area contributed by atoms with E-state index < -0.39 is 31.2 Å². The van der Waals surface area contributed by atoms with Crippen LogP contribution in [0.25, 0.3) is 0 Å². The molecule has 0 aliphatic heterocycles. The molecule has 0 aliphatic rings. The predicted molar refractivity (Wildman–Crippen MR) is 120 cm³/mol. The van der Waals surface area contributed by atoms with Gasteiger partial charge < -0.3 is 10.2 Å². The first-order chi connectivity index (χ1) is 13.8. The molecule has 0 heterocycles. The minimum atomic E-state index is -3.60. The Morgan fingerprint density at radius 3 is 1.27 bits per heavy atom. The second-order valence-electron chi connectivity index (χ2n) is 7.98. The fraction of sp³-hybridized carbons (Fsp3) is 0.455. The van der Waals surface area contributed by atoms with Crippen molar-refractivity contribution in [3.05, 3.63) is 57.6 Å². The lowest BCUT2D eigenvalue weighted by atomic mass is 10.0. The van der Waals surface area contributed by atoms with Crippen LogP contribution < -0.4 is 0 Å². The van der Waals surface area contributed by atoms with Crippen molar-refractivity contribution in [3.63, 3.8) is 0 Å². The standard InChI is InChI=1S/C22H30O6S2/c1-15-11-17(3)21(23)19(13-15)5-7-29(25,26)9-10-30(27,28)8-6-20-14-16(2)12-18(4)22(20)24/h11-14,23-24H,5-10H2,1-4H3. The van der Waals surface area contributed by atoms with Gasteiger partial charge in [0.25, 0.3) is 0 Å². The number of hydrogen-bond donors (Lipinski definition) is 2. The monoisotopic (exact) mass is 454 g/mol. The molecule has 0 unspecified atom stereocenters. The molecular weight excluding hydrogens is 424 g/mol. The third-order valence-corrected chi connectivity index (χ3v) is 8.68. The van der Waals surface area contributed by atoms with Crippen molar-refractivity contribution in [2.24, 2.45) is 0 Å². The summed E-state index contributed by atoms with van der Waals surface area (Å²) >= 11 is 0. The highest BCUT2D eigenvalue weighted by Gasteiger charge is 2.20. The lowest BCUT2D eigenvalue weighted by Crippen LogP contribution is -2.23. The number of aryl methyl sites for hydroxylation is 6. The molecule has 0 bridgehead atoms. The molecular formula is C22H30O6S2. The van der Waals surface area contributed by atoms with Gasteiger partial charge in [0.15, 0.2) is 19.7 Å². The first-order valence-corrected chi connectivity index (χ1v) is 13.4. The van der Waals surface area contributed by atoms with Crippen LogP contribution in [0.4, 0.5) is 0 Å². The number of phenols is 2. The average molecular weight is 455 g/mol. The molecule has 0 saturated heterocycles. The van der Waals surface area contributed by atoms with Crippen LogP contribution in [0, 0.1) is 27.7 Å². The summed E-state index contributed by atoms with van der Waals surface area (Å²) in [6.07, 6.45) is 0.264. The van der Waals surface area contributed by atoms with E-state index in [-0.39, 0.29) is 35.8 Å². The Balaban J connectivity index is 1.96. The summed E-state index contributed by atoms with van der Waals surface area (Å²) in [5.41, 5.74) is 4.30. The molecule has 8 heteroatoms. The quantitative estimate of drug-likeness (QED) is 0.603. The van der Waals surface area contributed by atoms with Gasteiger partial charge >= 0.3 is 0 Å². The maximum atomic E-state index is 12.4. The Bertz CT molecular complexity index is 1040. The number of rotatable bonds is 9. The summed E-state index contributed by atoms with van der Waals surface area (Å²) in [6.45, 7) is 7.23. The zero-order chi connectivity index (χ0) is 22.7. The molecule has 30 heavy (non-hydrogen) atoms. The second-order valence-corrected chi connectivity index (χ2v) is 12.6. The smallest absolute Gasteiger partial charge is 0.151 e. The third-order valence-electron chi connectivity index (χ3n) is 5.12. The van der Waals surface area contributed by atoms with Crippen molar-refractivity contribution in [1.82, 2.24) is 0 Å². The molecule has 0 atom stereocenters. The van der Waals surface area contributed by atoms with Crippen molar-refractivity contribution >= 4 is 19.7 Å². The maximum absolute atomic E-state index is 12.4. The number of hydrogen-bond acceptors (Lipinski definition) is 6. The molecule has 0 aliphatic carbocycles. The van der Waals surface area contributed by atoms with Crippen molar-refractivity contribution in [2.45, 2.75) is 40.5 Å². The Labute approximate surface area is 179 Å². The first-order valence-electron chi connectivity index (χ1n) is 9.79. The van der Waals surface area contributed by atoms with E-state index in [1.165, 1.54) is 0 Å². The summed E-state index contributed by atoms with van der Waals surface area (Å²) < 4.78 is 49.5. The van der Waals surface area contributed by atoms with Crippen LogP contribution in [0.5, 0.6) is 11.5 Å². The Morgan fingerprint density at radius 1 is 0.600 bits per heavy atom. The SMILES string of the molecule is Cc1cc(C)c(O)c(CCS(=O)(=O)CCS(=O)(=O)CCc2cc(C)cc(C)c2O)c1. The highest BCUT2D eigenvalue weighted by molar-refractivity contribution is 7.95. The van der Waals surface area contributed by atoms with Gasteiger partial charge in [-0.05, 0) is 62.8 Å². The number of sulfone groups is 2. The Kier molecular flexibility index (Phi) is 7.58. The summed E-state index contributed by atoms with van der Waals surface area (Å²) in [5, 5.41) is 20.2. The average Bonchev–Trinajstić information content (AvgIpc) is 2.64. The van der Waals surface area contributed by atoms with Gasteiger partial charge in [0.2, 0.25) is 0 Å². The minimum Gasteiger partial charge on any atom is -0.507 e. The summed E-state index contributed by atoms with van der Waals surface area (Å²) in [6, 6.07) is 7.11. The van der Waals surface area contributed by atoms with Gasteiger partial charge in [-0.25, -0.2) is 16.8 Å². The highest BCUT2D eigenvalue weighted by atomic mass is 32.2. The van der Waals surface area contributed by atoms with E-state index in [9.17, 15) is 27.0 Å². The summed E-state index contributed by atoms with van der Waals surface area (Å²) in [5.74, 6) is -1.21. The Hall–Kier alpha value is -2.06. The van der Waals surface area contributed by atoms with Gasteiger partial charge in [-0.15, -0.1) is 0 Å². The zero-order valence-electron chi connectivity index (χ0n) is 17.9. The topological polar surface area (TPSA) is 109 Å². The lowest BCUT2D eigenvalue weighted by Gasteiger charge is -2.11. The first kappa shape index (κ1) is 24.2. The van der Waals surface area contributed by atoms with Crippen molar-refractivity contribution in [2.75, 3.05) is 23.0 Å². The number of phenolic OH excluding ortho intramolecular Hbond substituents is 2. The Morgan fingerprint density at radius 2 is 0.933 bits per heavy atom. The molecule has 2 aromatic rings. The van der Waals surface area contributed by atoms with E-state index in [0.29, 0.717) is 22.3 Å². The van der Waals surface area contributed by atoms with Gasteiger partial charge in [-0.2, -0.15) is 0 Å². The number of aromatic hydroxyl groups is 2. The molecule has 0 spiro atoms. The molecule has 2 rings (SSSR count). The fourth-order valence-corrected chi connectivity index (χ4v) is 6.97. The molecule has 0 fully saturated rings. The van der Waals surface area contributed by atoms with Crippen LogP contribution >= 0.6 is 0 Å². The van der Waals surface area contributed by atoms with Crippen LogP contribution in [0.2, 0.25) is 0 Å². The fourth-order valence-electron chi connectivity index (χ4n) is 3.47. The number of benzene rings is 2. The van der Waals surface area contributed by atoms with Crippen LogP contribution in [-0.2, 0) is 32.5 Å². The molecule has 6 nitrogen and oxygen atoms in total. The van der Waals surface area contributed by atoms with Crippen LogP contribution in [-0.4, -0.2) is 50.1 Å². The minimum absolute atomic E-state index is 0.0803. The molecule has 2 N–H and O–H groups in total. The van der Waals surface area contributed by atoms with Gasteiger partial charge in [0.1, 0.15) is 11.5 Å². The van der Waals surface area contributed by atoms with E-state index in [1.54, 1.807) is 26.0 Å². The largest absolute Gasteiger partial charge is 0.507 e.